The van der Waals surface area contributed by atoms with Crippen LogP contribution < -0.4 is 10.2 Å². The van der Waals surface area contributed by atoms with E-state index in [9.17, 15) is 8.78 Å². The number of nitrogens with zero attached hydrogens (tertiary/aromatic N) is 3. The van der Waals surface area contributed by atoms with Crippen LogP contribution in [0.1, 0.15) is 0 Å². The largest absolute Gasteiger partial charge is 0.330 e. The number of fused-ring (bicyclic) bond motifs is 3. The zero-order valence-electron chi connectivity index (χ0n) is 12.0. The molecule has 1 N–H and O–H groups in total. The Bertz CT molecular complexity index is 922. The molecule has 23 heavy (non-hydrogen) atoms. The minimum absolute atomic E-state index is 0.144. The van der Waals surface area contributed by atoms with E-state index in [0.29, 0.717) is 11.7 Å². The molecule has 116 valence electrons. The van der Waals surface area contributed by atoms with Crippen LogP contribution in [-0.2, 0) is 6.54 Å². The number of halogens is 2. The predicted molar refractivity (Wildman–Crippen MR) is 89.7 cm³/mol. The summed E-state index contributed by atoms with van der Waals surface area (Å²) in [6, 6.07) is 11.2. The van der Waals surface area contributed by atoms with Gasteiger partial charge < -0.3 is 9.88 Å². The van der Waals surface area contributed by atoms with Crippen molar-refractivity contribution in [2.75, 3.05) is 16.8 Å². The average molecular weight is 330 g/mol. The highest BCUT2D eigenvalue weighted by Crippen LogP contribution is 2.28. The molecule has 0 amide bonds. The number of hydrogen-bond acceptors (Lipinski definition) is 2. The van der Waals surface area contributed by atoms with Gasteiger partial charge in [0.15, 0.2) is 5.11 Å². The molecule has 2 heterocycles. The number of para-hydroxylation sites is 2. The van der Waals surface area contributed by atoms with E-state index in [0.717, 1.165) is 29.6 Å². The van der Waals surface area contributed by atoms with Crippen LogP contribution in [-0.4, -0.2) is 21.2 Å². The molecule has 1 aliphatic rings. The van der Waals surface area contributed by atoms with E-state index in [1.54, 1.807) is 0 Å². The second-order valence-corrected chi connectivity index (χ2v) is 5.64. The van der Waals surface area contributed by atoms with Crippen LogP contribution in [0.15, 0.2) is 42.5 Å². The Kier molecular flexibility index (Phi) is 3.23. The minimum Gasteiger partial charge on any atom is -0.330 e. The third-order valence-corrected chi connectivity index (χ3v) is 4.16. The number of aromatic nitrogens is 2. The molecule has 3 aromatic rings. The predicted octanol–water partition coefficient (Wildman–Crippen LogP) is 3.53. The van der Waals surface area contributed by atoms with E-state index in [1.165, 1.54) is 12.1 Å². The summed E-state index contributed by atoms with van der Waals surface area (Å²) in [7, 11) is 0. The first-order valence-electron chi connectivity index (χ1n) is 7.12. The van der Waals surface area contributed by atoms with Crippen molar-refractivity contribution in [1.29, 1.82) is 0 Å². The molecule has 0 bridgehead atoms. The van der Waals surface area contributed by atoms with Crippen LogP contribution in [0.25, 0.3) is 11.0 Å². The Morgan fingerprint density at radius 1 is 1.13 bits per heavy atom. The topological polar surface area (TPSA) is 33.1 Å². The molecular weight excluding hydrogens is 318 g/mol. The number of rotatable bonds is 1. The van der Waals surface area contributed by atoms with Gasteiger partial charge in [0.1, 0.15) is 11.6 Å². The van der Waals surface area contributed by atoms with Crippen molar-refractivity contribution < 1.29 is 8.78 Å². The fourth-order valence-corrected chi connectivity index (χ4v) is 3.04. The second-order valence-electron chi connectivity index (χ2n) is 5.26. The molecule has 0 aliphatic carbocycles. The van der Waals surface area contributed by atoms with Crippen LogP contribution in [0.2, 0.25) is 0 Å². The summed E-state index contributed by atoms with van der Waals surface area (Å²) >= 11 is 5.37. The molecule has 0 unspecified atom stereocenters. The number of imidazole rings is 1. The van der Waals surface area contributed by atoms with Gasteiger partial charge in [-0.15, -0.1) is 0 Å². The van der Waals surface area contributed by atoms with Crippen molar-refractivity contribution in [3.63, 3.8) is 0 Å². The molecule has 0 saturated heterocycles. The van der Waals surface area contributed by atoms with E-state index >= 15 is 0 Å². The fraction of sp³-hybridized carbons (Fsp3) is 0.125. The maximum absolute atomic E-state index is 13.8. The lowest BCUT2D eigenvalue weighted by molar-refractivity contribution is 0.586. The third kappa shape index (κ3) is 2.33. The van der Waals surface area contributed by atoms with Crippen LogP contribution >= 0.6 is 12.2 Å². The minimum atomic E-state index is -0.681. The summed E-state index contributed by atoms with van der Waals surface area (Å²) in [5, 5.41) is 3.16. The fourth-order valence-electron chi connectivity index (χ4n) is 2.76. The van der Waals surface area contributed by atoms with Gasteiger partial charge in [0.2, 0.25) is 5.95 Å². The summed E-state index contributed by atoms with van der Waals surface area (Å²) in [6.45, 7) is 1.41. The van der Waals surface area contributed by atoms with Gasteiger partial charge in [0.25, 0.3) is 0 Å². The first-order valence-corrected chi connectivity index (χ1v) is 7.53. The van der Waals surface area contributed by atoms with Gasteiger partial charge in [-0.05, 0) is 36.5 Å². The Morgan fingerprint density at radius 3 is 2.78 bits per heavy atom. The van der Waals surface area contributed by atoms with Crippen molar-refractivity contribution in [1.82, 2.24) is 9.55 Å². The smallest absolute Gasteiger partial charge is 0.213 e. The lowest BCUT2D eigenvalue weighted by Gasteiger charge is -2.18. The van der Waals surface area contributed by atoms with Crippen molar-refractivity contribution in [3.05, 3.63) is 54.1 Å². The van der Waals surface area contributed by atoms with Gasteiger partial charge in [-0.3, -0.25) is 4.90 Å². The first kappa shape index (κ1) is 14.1. The summed E-state index contributed by atoms with van der Waals surface area (Å²) in [5.41, 5.74) is 2.08. The molecule has 2 aromatic carbocycles. The SMILES string of the molecule is Fc1ccc(NC(=S)N2CCn3c2nc2ccccc23)c(F)c1. The third-order valence-electron chi connectivity index (χ3n) is 3.84. The molecule has 0 fully saturated rings. The quantitative estimate of drug-likeness (QED) is 0.692. The Hall–Kier alpha value is -2.54. The lowest BCUT2D eigenvalue weighted by Crippen LogP contribution is -2.33. The van der Waals surface area contributed by atoms with E-state index < -0.39 is 11.6 Å². The highest BCUT2D eigenvalue weighted by molar-refractivity contribution is 7.80. The summed E-state index contributed by atoms with van der Waals surface area (Å²) < 4.78 is 28.8. The molecule has 4 rings (SSSR count). The molecule has 1 aromatic heterocycles. The maximum atomic E-state index is 13.8. The lowest BCUT2D eigenvalue weighted by atomic mass is 10.3. The zero-order valence-corrected chi connectivity index (χ0v) is 12.8. The van der Waals surface area contributed by atoms with Gasteiger partial charge in [-0.2, -0.15) is 0 Å². The van der Waals surface area contributed by atoms with Crippen molar-refractivity contribution in [2.45, 2.75) is 6.54 Å². The summed E-state index contributed by atoms with van der Waals surface area (Å²) in [4.78, 5) is 6.40. The molecule has 4 nitrogen and oxygen atoms in total. The summed E-state index contributed by atoms with van der Waals surface area (Å²) in [6.07, 6.45) is 0. The number of hydrogen-bond donors (Lipinski definition) is 1. The van der Waals surface area contributed by atoms with Gasteiger partial charge in [-0.1, -0.05) is 12.1 Å². The number of nitrogens with one attached hydrogen (secondary N) is 1. The molecule has 0 atom stereocenters. The van der Waals surface area contributed by atoms with Crippen molar-refractivity contribution >= 4 is 40.0 Å². The number of benzene rings is 2. The highest BCUT2D eigenvalue weighted by Gasteiger charge is 2.26. The van der Waals surface area contributed by atoms with Crippen LogP contribution in [0.4, 0.5) is 20.4 Å². The molecule has 0 spiro atoms. The molecular formula is C16H12F2N4S. The standard InChI is InChI=1S/C16H12F2N4S/c17-10-5-6-12(11(18)9-10)20-16(23)22-8-7-21-14-4-2-1-3-13(14)19-15(21)22/h1-6,9H,7-8H2,(H,20,23). The number of thiocarbonyl (C=S) groups is 1. The van der Waals surface area contributed by atoms with Gasteiger partial charge in [0.05, 0.1) is 16.7 Å². The summed E-state index contributed by atoms with van der Waals surface area (Å²) in [5.74, 6) is -0.576. The van der Waals surface area contributed by atoms with E-state index in [1.807, 2.05) is 29.2 Å². The monoisotopic (exact) mass is 330 g/mol. The van der Waals surface area contributed by atoms with E-state index in [2.05, 4.69) is 14.9 Å². The average Bonchev–Trinajstić information content (AvgIpc) is 3.08. The molecule has 0 radical (unpaired) electrons. The second kappa shape index (κ2) is 5.27. The van der Waals surface area contributed by atoms with E-state index in [4.69, 9.17) is 12.2 Å². The molecule has 0 saturated carbocycles. The molecule has 7 heteroatoms. The first-order chi connectivity index (χ1) is 11.1. The van der Waals surface area contributed by atoms with Crippen LogP contribution in [0.3, 0.4) is 0 Å². The van der Waals surface area contributed by atoms with Crippen LogP contribution in [0, 0.1) is 11.6 Å². The highest BCUT2D eigenvalue weighted by atomic mass is 32.1. The Balaban J connectivity index is 1.64. The van der Waals surface area contributed by atoms with Crippen molar-refractivity contribution in [3.8, 4) is 0 Å². The van der Waals surface area contributed by atoms with Gasteiger partial charge >= 0.3 is 0 Å². The maximum Gasteiger partial charge on any atom is 0.213 e. The molecule has 1 aliphatic heterocycles. The zero-order chi connectivity index (χ0) is 16.0. The van der Waals surface area contributed by atoms with Gasteiger partial charge in [0, 0.05) is 19.2 Å². The van der Waals surface area contributed by atoms with Crippen molar-refractivity contribution in [2.24, 2.45) is 0 Å². The number of anilines is 2. The van der Waals surface area contributed by atoms with Gasteiger partial charge in [-0.25, -0.2) is 13.8 Å². The Labute approximate surface area is 136 Å². The van der Waals surface area contributed by atoms with E-state index in [-0.39, 0.29) is 5.69 Å². The Morgan fingerprint density at radius 2 is 1.96 bits per heavy atom. The van der Waals surface area contributed by atoms with Crippen LogP contribution in [0.5, 0.6) is 0 Å². The normalized spacial score (nSPS) is 13.4.